The maximum absolute atomic E-state index is 2.37. The van der Waals surface area contributed by atoms with Crippen LogP contribution in [0.3, 0.4) is 0 Å². The maximum Gasteiger partial charge on any atom is -0.0380 e. The van der Waals surface area contributed by atoms with Crippen molar-refractivity contribution in [3.8, 4) is 0 Å². The highest BCUT2D eigenvalue weighted by molar-refractivity contribution is 4.94. The largest absolute Gasteiger partial charge is 0.0654 e. The van der Waals surface area contributed by atoms with E-state index in [-0.39, 0.29) is 0 Å². The first-order chi connectivity index (χ1) is 12.0. The lowest BCUT2D eigenvalue weighted by Gasteiger charge is -2.17. The van der Waals surface area contributed by atoms with Crippen molar-refractivity contribution in [3.63, 3.8) is 0 Å². The Morgan fingerprint density at radius 2 is 1.08 bits per heavy atom. The second-order valence-electron chi connectivity index (χ2n) is 10.8. The number of hydrogen-bond acceptors (Lipinski definition) is 0. The first-order valence-corrected chi connectivity index (χ1v) is 12.0. The summed E-state index contributed by atoms with van der Waals surface area (Å²) in [5.74, 6) is 4.59. The van der Waals surface area contributed by atoms with Crippen LogP contribution in [-0.4, -0.2) is 0 Å². The van der Waals surface area contributed by atoms with E-state index in [4.69, 9.17) is 0 Å². The van der Waals surface area contributed by atoms with E-state index in [1.54, 1.807) is 32.1 Å². The average molecular weight is 349 g/mol. The summed E-state index contributed by atoms with van der Waals surface area (Å²) in [5, 5.41) is 0. The minimum Gasteiger partial charge on any atom is -0.0654 e. The molecule has 0 radical (unpaired) electrons. The molecule has 0 saturated heterocycles. The van der Waals surface area contributed by atoms with Crippen LogP contribution in [0.5, 0.6) is 0 Å². The van der Waals surface area contributed by atoms with Gasteiger partial charge in [-0.05, 0) is 54.8 Å². The predicted octanol–water partition coefficient (Wildman–Crippen LogP) is 8.79. The van der Waals surface area contributed by atoms with Gasteiger partial charge in [-0.2, -0.15) is 0 Å². The van der Waals surface area contributed by atoms with Crippen molar-refractivity contribution in [3.05, 3.63) is 0 Å². The third kappa shape index (κ3) is 10.0. The van der Waals surface area contributed by atoms with Crippen LogP contribution in [0.25, 0.3) is 0 Å². The molecule has 2 aliphatic carbocycles. The maximum atomic E-state index is 2.37. The van der Waals surface area contributed by atoms with Crippen LogP contribution in [-0.2, 0) is 0 Å². The molecule has 2 saturated carbocycles. The smallest absolute Gasteiger partial charge is 0.0380 e. The van der Waals surface area contributed by atoms with Gasteiger partial charge < -0.3 is 0 Å². The van der Waals surface area contributed by atoms with E-state index < -0.39 is 0 Å². The summed E-state index contributed by atoms with van der Waals surface area (Å²) in [6, 6.07) is 0. The van der Waals surface area contributed by atoms with E-state index in [1.807, 2.05) is 0 Å². The normalized spacial score (nSPS) is 28.3. The molecule has 0 aromatic heterocycles. The Morgan fingerprint density at radius 3 is 1.60 bits per heavy atom. The molecule has 2 rings (SSSR count). The Hall–Kier alpha value is 0. The fourth-order valence-electron chi connectivity index (χ4n) is 4.90. The third-order valence-electron chi connectivity index (χ3n) is 6.92. The molecule has 4 unspecified atom stereocenters. The van der Waals surface area contributed by atoms with Crippen LogP contribution in [0.2, 0.25) is 0 Å². The fourth-order valence-corrected chi connectivity index (χ4v) is 4.90. The molecule has 25 heavy (non-hydrogen) atoms. The first-order valence-electron chi connectivity index (χ1n) is 12.0. The molecule has 4 atom stereocenters. The lowest BCUT2D eigenvalue weighted by molar-refractivity contribution is 0.356. The van der Waals surface area contributed by atoms with Gasteiger partial charge in [-0.25, -0.2) is 0 Å². The van der Waals surface area contributed by atoms with Crippen molar-refractivity contribution in [2.45, 2.75) is 130 Å². The SMILES string of the molecule is CCCCCC1CC1CC1CC1CCCCCCCCCC(C)(C)C. The van der Waals surface area contributed by atoms with E-state index in [0.717, 1.165) is 23.7 Å². The molecule has 0 spiro atoms. The molecular formula is C25H48. The first kappa shape index (κ1) is 21.3. The molecule has 0 nitrogen and oxygen atoms in total. The van der Waals surface area contributed by atoms with Gasteiger partial charge in [-0.3, -0.25) is 0 Å². The van der Waals surface area contributed by atoms with Gasteiger partial charge in [0.15, 0.2) is 0 Å². The quantitative estimate of drug-likeness (QED) is 0.259. The predicted molar refractivity (Wildman–Crippen MR) is 113 cm³/mol. The average Bonchev–Trinajstić information content (AvgIpc) is 3.45. The van der Waals surface area contributed by atoms with Crippen LogP contribution in [0.1, 0.15) is 130 Å². The Balaban J connectivity index is 1.32. The summed E-state index contributed by atoms with van der Waals surface area (Å²) in [6.07, 6.45) is 24.0. The standard InChI is InChI=1S/C25H48/c1-5-6-12-15-21-18-23(21)20-24-19-22(24)16-13-10-8-7-9-11-14-17-25(2,3)4/h21-24H,5-20H2,1-4H3. The van der Waals surface area contributed by atoms with Gasteiger partial charge in [0.25, 0.3) is 0 Å². The van der Waals surface area contributed by atoms with E-state index >= 15 is 0 Å². The molecule has 0 heterocycles. The zero-order valence-corrected chi connectivity index (χ0v) is 18.1. The minimum atomic E-state index is 0.538. The van der Waals surface area contributed by atoms with Crippen LogP contribution in [0.4, 0.5) is 0 Å². The summed E-state index contributed by atoms with van der Waals surface area (Å²) < 4.78 is 0. The minimum absolute atomic E-state index is 0.538. The lowest BCUT2D eigenvalue weighted by atomic mass is 9.89. The van der Waals surface area contributed by atoms with E-state index in [9.17, 15) is 0 Å². The van der Waals surface area contributed by atoms with Gasteiger partial charge in [-0.1, -0.05) is 105 Å². The molecule has 0 aliphatic heterocycles. The third-order valence-corrected chi connectivity index (χ3v) is 6.92. The molecule has 0 N–H and O–H groups in total. The molecule has 0 bridgehead atoms. The van der Waals surface area contributed by atoms with Crippen LogP contribution >= 0.6 is 0 Å². The van der Waals surface area contributed by atoms with Gasteiger partial charge in [0.2, 0.25) is 0 Å². The molecule has 0 aromatic carbocycles. The molecular weight excluding hydrogens is 300 g/mol. The van der Waals surface area contributed by atoms with Gasteiger partial charge in [-0.15, -0.1) is 0 Å². The van der Waals surface area contributed by atoms with Crippen molar-refractivity contribution in [2.24, 2.45) is 29.1 Å². The monoisotopic (exact) mass is 348 g/mol. The Morgan fingerprint density at radius 1 is 0.600 bits per heavy atom. The zero-order valence-electron chi connectivity index (χ0n) is 18.1. The summed E-state index contributed by atoms with van der Waals surface area (Å²) in [4.78, 5) is 0. The Labute approximate surface area is 159 Å². The van der Waals surface area contributed by atoms with E-state index in [1.165, 1.54) is 70.6 Å². The highest BCUT2D eigenvalue weighted by atomic mass is 14.5. The van der Waals surface area contributed by atoms with Crippen molar-refractivity contribution < 1.29 is 0 Å². The summed E-state index contributed by atoms with van der Waals surface area (Å²) in [7, 11) is 0. The molecule has 2 fully saturated rings. The Kier molecular flexibility index (Phi) is 9.36. The van der Waals surface area contributed by atoms with Gasteiger partial charge >= 0.3 is 0 Å². The van der Waals surface area contributed by atoms with Crippen LogP contribution in [0.15, 0.2) is 0 Å². The van der Waals surface area contributed by atoms with Crippen molar-refractivity contribution >= 4 is 0 Å². The summed E-state index contributed by atoms with van der Waals surface area (Å²) >= 11 is 0. The highest BCUT2D eigenvalue weighted by Gasteiger charge is 2.44. The molecule has 148 valence electrons. The van der Waals surface area contributed by atoms with Gasteiger partial charge in [0.1, 0.15) is 0 Å². The van der Waals surface area contributed by atoms with Gasteiger partial charge in [0, 0.05) is 0 Å². The zero-order chi connectivity index (χ0) is 18.1. The Bertz CT molecular complexity index is 336. The lowest BCUT2D eigenvalue weighted by Crippen LogP contribution is -2.03. The molecule has 0 heteroatoms. The topological polar surface area (TPSA) is 0 Å². The molecule has 0 amide bonds. The van der Waals surface area contributed by atoms with Crippen molar-refractivity contribution in [1.82, 2.24) is 0 Å². The fraction of sp³-hybridized carbons (Fsp3) is 1.00. The van der Waals surface area contributed by atoms with Gasteiger partial charge in [0.05, 0.1) is 0 Å². The summed E-state index contributed by atoms with van der Waals surface area (Å²) in [5.41, 5.74) is 0.538. The van der Waals surface area contributed by atoms with Crippen molar-refractivity contribution in [1.29, 1.82) is 0 Å². The van der Waals surface area contributed by atoms with Crippen LogP contribution < -0.4 is 0 Å². The number of hydrogen-bond donors (Lipinski definition) is 0. The van der Waals surface area contributed by atoms with Crippen molar-refractivity contribution in [2.75, 3.05) is 0 Å². The van der Waals surface area contributed by atoms with E-state index in [0.29, 0.717) is 5.41 Å². The second-order valence-corrected chi connectivity index (χ2v) is 10.8. The molecule has 2 aliphatic rings. The van der Waals surface area contributed by atoms with E-state index in [2.05, 4.69) is 27.7 Å². The number of rotatable bonds is 15. The second kappa shape index (κ2) is 11.0. The number of unbranched alkanes of at least 4 members (excludes halogenated alkanes) is 8. The highest BCUT2D eigenvalue weighted by Crippen LogP contribution is 2.54. The van der Waals surface area contributed by atoms with Crippen LogP contribution in [0, 0.1) is 29.1 Å². The molecule has 0 aromatic rings. The summed E-state index contributed by atoms with van der Waals surface area (Å²) in [6.45, 7) is 9.43.